The summed E-state index contributed by atoms with van der Waals surface area (Å²) in [7, 11) is 0. The van der Waals surface area contributed by atoms with Crippen molar-refractivity contribution in [3.05, 3.63) is 69.8 Å². The van der Waals surface area contributed by atoms with Gasteiger partial charge in [0.15, 0.2) is 0 Å². The second-order valence-corrected chi connectivity index (χ2v) is 4.34. The number of nitro groups is 1. The van der Waals surface area contributed by atoms with Crippen LogP contribution >= 0.6 is 0 Å². The highest BCUT2D eigenvalue weighted by Crippen LogP contribution is 2.19. The quantitative estimate of drug-likeness (QED) is 0.647. The van der Waals surface area contributed by atoms with Crippen molar-refractivity contribution in [2.24, 2.45) is 5.73 Å². The number of nitrogens with two attached hydrogens (primary N) is 1. The highest BCUT2D eigenvalue weighted by Gasteiger charge is 2.11. The third-order valence-corrected chi connectivity index (χ3v) is 2.96. The summed E-state index contributed by atoms with van der Waals surface area (Å²) in [5.74, 6) is 0.728. The first-order valence-electron chi connectivity index (χ1n) is 6.35. The van der Waals surface area contributed by atoms with Crippen molar-refractivity contribution >= 4 is 5.69 Å². The number of nitrogens with zero attached hydrogens (tertiary/aromatic N) is 1. The molecule has 2 aromatic carbocycles. The van der Waals surface area contributed by atoms with E-state index in [-0.39, 0.29) is 10.6 Å². The lowest BCUT2D eigenvalue weighted by atomic mass is 10.1. The van der Waals surface area contributed by atoms with Crippen molar-refractivity contribution in [2.75, 3.05) is 6.61 Å². The number of benzene rings is 2. The number of para-hydroxylation sites is 1. The average molecular weight is 272 g/mol. The van der Waals surface area contributed by atoms with Gasteiger partial charge in [0.2, 0.25) is 0 Å². The van der Waals surface area contributed by atoms with Crippen LogP contribution in [0.25, 0.3) is 0 Å². The molecule has 0 spiro atoms. The van der Waals surface area contributed by atoms with Crippen LogP contribution in [0.2, 0.25) is 0 Å². The van der Waals surface area contributed by atoms with E-state index in [1.54, 1.807) is 18.2 Å². The molecule has 0 aliphatic heterocycles. The summed E-state index contributed by atoms with van der Waals surface area (Å²) in [5, 5.41) is 10.9. The van der Waals surface area contributed by atoms with E-state index < -0.39 is 0 Å². The molecule has 0 saturated carbocycles. The van der Waals surface area contributed by atoms with Gasteiger partial charge in [-0.25, -0.2) is 0 Å². The van der Waals surface area contributed by atoms with Crippen LogP contribution in [0.1, 0.15) is 11.1 Å². The lowest BCUT2D eigenvalue weighted by Crippen LogP contribution is -2.04. The molecule has 0 bridgehead atoms. The molecule has 0 fully saturated rings. The second-order valence-electron chi connectivity index (χ2n) is 4.34. The molecule has 104 valence electrons. The molecule has 0 aliphatic rings. The van der Waals surface area contributed by atoms with E-state index in [4.69, 9.17) is 10.5 Å². The van der Waals surface area contributed by atoms with Crippen molar-refractivity contribution in [1.29, 1.82) is 0 Å². The van der Waals surface area contributed by atoms with Crippen molar-refractivity contribution in [3.8, 4) is 5.75 Å². The fraction of sp³-hybridized carbons (Fsp3) is 0.200. The van der Waals surface area contributed by atoms with Gasteiger partial charge in [-0.1, -0.05) is 30.3 Å². The fourth-order valence-electron chi connectivity index (χ4n) is 1.94. The first-order chi connectivity index (χ1) is 9.70. The van der Waals surface area contributed by atoms with Gasteiger partial charge in [-0.05, 0) is 17.7 Å². The van der Waals surface area contributed by atoms with Gasteiger partial charge in [0.25, 0.3) is 5.69 Å². The fourth-order valence-corrected chi connectivity index (χ4v) is 1.94. The van der Waals surface area contributed by atoms with E-state index in [0.717, 1.165) is 11.3 Å². The zero-order chi connectivity index (χ0) is 14.4. The van der Waals surface area contributed by atoms with Crippen molar-refractivity contribution in [2.45, 2.75) is 13.0 Å². The highest BCUT2D eigenvalue weighted by atomic mass is 16.6. The number of hydrogen-bond acceptors (Lipinski definition) is 4. The highest BCUT2D eigenvalue weighted by molar-refractivity contribution is 5.40. The molecule has 5 heteroatoms. The average Bonchev–Trinajstić information content (AvgIpc) is 2.48. The van der Waals surface area contributed by atoms with Crippen LogP contribution in [0, 0.1) is 10.1 Å². The third-order valence-electron chi connectivity index (χ3n) is 2.96. The van der Waals surface area contributed by atoms with Gasteiger partial charge in [-0.3, -0.25) is 10.1 Å². The summed E-state index contributed by atoms with van der Waals surface area (Å²) < 4.78 is 5.61. The molecule has 0 amide bonds. The Hall–Kier alpha value is -2.40. The molecule has 5 nitrogen and oxygen atoms in total. The maximum Gasteiger partial charge on any atom is 0.272 e. The molecular formula is C15H16N2O3. The van der Waals surface area contributed by atoms with Crippen LogP contribution in [-0.2, 0) is 13.0 Å². The lowest BCUT2D eigenvalue weighted by molar-refractivity contribution is -0.385. The maximum atomic E-state index is 10.9. The second kappa shape index (κ2) is 6.68. The molecular weight excluding hydrogens is 256 g/mol. The first-order valence-corrected chi connectivity index (χ1v) is 6.35. The van der Waals surface area contributed by atoms with Crippen LogP contribution in [-0.4, -0.2) is 11.5 Å². The molecule has 0 aliphatic carbocycles. The Balaban J connectivity index is 1.97. The molecule has 0 unspecified atom stereocenters. The Labute approximate surface area is 117 Å². The van der Waals surface area contributed by atoms with E-state index in [2.05, 4.69) is 0 Å². The minimum absolute atomic E-state index is 0.131. The smallest absolute Gasteiger partial charge is 0.272 e. The third kappa shape index (κ3) is 3.55. The number of rotatable bonds is 6. The molecule has 0 aromatic heterocycles. The van der Waals surface area contributed by atoms with E-state index >= 15 is 0 Å². The molecule has 2 rings (SSSR count). The van der Waals surface area contributed by atoms with Gasteiger partial charge in [0, 0.05) is 24.6 Å². The molecule has 2 aromatic rings. The van der Waals surface area contributed by atoms with Gasteiger partial charge >= 0.3 is 0 Å². The van der Waals surface area contributed by atoms with Gasteiger partial charge in [0.1, 0.15) is 5.75 Å². The zero-order valence-corrected chi connectivity index (χ0v) is 11.0. The van der Waals surface area contributed by atoms with Crippen LogP contribution < -0.4 is 10.5 Å². The zero-order valence-electron chi connectivity index (χ0n) is 11.0. The first kappa shape index (κ1) is 14.0. The molecule has 20 heavy (non-hydrogen) atoms. The predicted molar refractivity (Wildman–Crippen MR) is 76.6 cm³/mol. The van der Waals surface area contributed by atoms with Crippen LogP contribution in [0.3, 0.4) is 0 Å². The predicted octanol–water partition coefficient (Wildman–Crippen LogP) is 2.68. The summed E-state index contributed by atoms with van der Waals surface area (Å²) in [6, 6.07) is 14.2. The van der Waals surface area contributed by atoms with E-state index in [1.165, 1.54) is 6.07 Å². The molecule has 2 N–H and O–H groups in total. The Kier molecular flexibility index (Phi) is 4.68. The number of nitro benzene ring substituents is 1. The Morgan fingerprint density at radius 3 is 2.70 bits per heavy atom. The van der Waals surface area contributed by atoms with Crippen molar-refractivity contribution in [3.63, 3.8) is 0 Å². The van der Waals surface area contributed by atoms with E-state index in [1.807, 2.05) is 24.3 Å². The molecule has 0 atom stereocenters. The standard InChI is InChI=1S/C15H16N2O3/c16-11-12-4-3-6-14(10-12)20-9-8-13-5-1-2-7-15(13)17(18)19/h1-7,10H,8-9,11,16H2. The maximum absolute atomic E-state index is 10.9. The molecule has 0 heterocycles. The Morgan fingerprint density at radius 1 is 1.15 bits per heavy atom. The lowest BCUT2D eigenvalue weighted by Gasteiger charge is -2.07. The largest absolute Gasteiger partial charge is 0.493 e. The van der Waals surface area contributed by atoms with Gasteiger partial charge in [-0.15, -0.1) is 0 Å². The SMILES string of the molecule is NCc1cccc(OCCc2ccccc2[N+](=O)[O-])c1. The van der Waals surface area contributed by atoms with Gasteiger partial charge < -0.3 is 10.5 Å². The van der Waals surface area contributed by atoms with Gasteiger partial charge in [-0.2, -0.15) is 0 Å². The minimum Gasteiger partial charge on any atom is -0.493 e. The summed E-state index contributed by atoms with van der Waals surface area (Å²) in [5.41, 5.74) is 7.36. The number of ether oxygens (including phenoxy) is 1. The van der Waals surface area contributed by atoms with Crippen LogP contribution in [0.4, 0.5) is 5.69 Å². The minimum atomic E-state index is -0.371. The summed E-state index contributed by atoms with van der Waals surface area (Å²) >= 11 is 0. The number of hydrogen-bond donors (Lipinski definition) is 1. The van der Waals surface area contributed by atoms with Crippen molar-refractivity contribution < 1.29 is 9.66 Å². The topological polar surface area (TPSA) is 78.4 Å². The van der Waals surface area contributed by atoms with E-state index in [0.29, 0.717) is 25.1 Å². The summed E-state index contributed by atoms with van der Waals surface area (Å²) in [6.45, 7) is 0.847. The van der Waals surface area contributed by atoms with Crippen molar-refractivity contribution in [1.82, 2.24) is 0 Å². The summed E-state index contributed by atoms with van der Waals surface area (Å²) in [4.78, 5) is 10.5. The molecule has 0 radical (unpaired) electrons. The molecule has 0 saturated heterocycles. The van der Waals surface area contributed by atoms with Gasteiger partial charge in [0.05, 0.1) is 11.5 Å². The van der Waals surface area contributed by atoms with E-state index in [9.17, 15) is 10.1 Å². The van der Waals surface area contributed by atoms with Crippen LogP contribution in [0.5, 0.6) is 5.75 Å². The monoisotopic (exact) mass is 272 g/mol. The summed E-state index contributed by atoms with van der Waals surface area (Å²) in [6.07, 6.45) is 0.490. The van der Waals surface area contributed by atoms with Crippen LogP contribution in [0.15, 0.2) is 48.5 Å². The Bertz CT molecular complexity index is 599. The Morgan fingerprint density at radius 2 is 1.95 bits per heavy atom. The normalized spacial score (nSPS) is 10.2.